The van der Waals surface area contributed by atoms with Crippen molar-refractivity contribution in [2.24, 2.45) is 5.92 Å². The van der Waals surface area contributed by atoms with Gasteiger partial charge in [-0.25, -0.2) is 0 Å². The Morgan fingerprint density at radius 1 is 1.07 bits per heavy atom. The molecule has 1 unspecified atom stereocenters. The first kappa shape index (κ1) is 19.8. The lowest BCUT2D eigenvalue weighted by Crippen LogP contribution is -2.46. The van der Waals surface area contributed by atoms with Gasteiger partial charge in [-0.05, 0) is 42.3 Å². The van der Waals surface area contributed by atoms with E-state index in [1.807, 2.05) is 31.4 Å². The predicted molar refractivity (Wildman–Crippen MR) is 113 cm³/mol. The molecule has 1 aromatic carbocycles. The first-order chi connectivity index (χ1) is 14.0. The van der Waals surface area contributed by atoms with Gasteiger partial charge >= 0.3 is 0 Å². The summed E-state index contributed by atoms with van der Waals surface area (Å²) in [4.78, 5) is 25.8. The van der Waals surface area contributed by atoms with Crippen LogP contribution in [0.3, 0.4) is 0 Å². The third-order valence-electron chi connectivity index (χ3n) is 5.40. The van der Waals surface area contributed by atoms with E-state index in [-0.39, 0.29) is 17.7 Å². The summed E-state index contributed by atoms with van der Waals surface area (Å²) >= 11 is 1.35. The van der Waals surface area contributed by atoms with Crippen LogP contribution in [-0.2, 0) is 4.79 Å². The van der Waals surface area contributed by atoms with Gasteiger partial charge in [-0.3, -0.25) is 9.59 Å². The maximum absolute atomic E-state index is 12.9. The molecule has 2 aliphatic rings. The molecule has 2 amide bonds. The summed E-state index contributed by atoms with van der Waals surface area (Å²) in [5.41, 5.74) is 0.626. The Hall–Kier alpha value is -2.54. The summed E-state index contributed by atoms with van der Waals surface area (Å²) in [6.45, 7) is 3.82. The standard InChI is InChI=1S/C22H26N2O4S/c1-14(2)19(24-20(25)18-7-6-12-29-18)21(26)23-15-8-9-16-17(13-15)28-22(27-16)10-4-3-5-11-22/h6-9,12-14,19H,3-5,10-11H2,1-2H3,(H,23,26)(H,24,25). The molecule has 1 atom stereocenters. The summed E-state index contributed by atoms with van der Waals surface area (Å²) in [6.07, 6.45) is 5.16. The lowest BCUT2D eigenvalue weighted by molar-refractivity contribution is -0.118. The number of carbonyl (C=O) groups excluding carboxylic acids is 2. The van der Waals surface area contributed by atoms with Gasteiger partial charge in [-0.15, -0.1) is 11.3 Å². The van der Waals surface area contributed by atoms with E-state index in [1.165, 1.54) is 17.8 Å². The fourth-order valence-corrected chi connectivity index (χ4v) is 4.47. The van der Waals surface area contributed by atoms with E-state index >= 15 is 0 Å². The monoisotopic (exact) mass is 414 g/mol. The number of amides is 2. The fourth-order valence-electron chi connectivity index (χ4n) is 3.84. The number of nitrogens with one attached hydrogen (secondary N) is 2. The van der Waals surface area contributed by atoms with Crippen LogP contribution in [0.25, 0.3) is 0 Å². The third kappa shape index (κ3) is 4.24. The van der Waals surface area contributed by atoms with Crippen molar-refractivity contribution in [3.8, 4) is 11.5 Å². The van der Waals surface area contributed by atoms with E-state index in [0.29, 0.717) is 16.3 Å². The number of rotatable bonds is 5. The highest BCUT2D eigenvalue weighted by Crippen LogP contribution is 2.46. The van der Waals surface area contributed by atoms with Gasteiger partial charge in [0.2, 0.25) is 5.91 Å². The van der Waals surface area contributed by atoms with Crippen molar-refractivity contribution in [3.63, 3.8) is 0 Å². The van der Waals surface area contributed by atoms with Crippen LogP contribution in [0.4, 0.5) is 5.69 Å². The first-order valence-corrected chi connectivity index (χ1v) is 11.0. The van der Waals surface area contributed by atoms with Crippen LogP contribution in [0.5, 0.6) is 11.5 Å². The second-order valence-electron chi connectivity index (χ2n) is 8.00. The van der Waals surface area contributed by atoms with Gasteiger partial charge in [0.25, 0.3) is 11.7 Å². The SMILES string of the molecule is CC(C)C(NC(=O)c1cccs1)C(=O)Nc1ccc2c(c1)OC1(CCCCC1)O2. The fraction of sp³-hybridized carbons (Fsp3) is 0.455. The number of carbonyl (C=O) groups is 2. The molecule has 1 aliphatic heterocycles. The van der Waals surface area contributed by atoms with E-state index < -0.39 is 11.8 Å². The molecular formula is C22H26N2O4S. The smallest absolute Gasteiger partial charge is 0.262 e. The molecule has 4 rings (SSSR count). The zero-order valence-electron chi connectivity index (χ0n) is 16.7. The molecule has 6 nitrogen and oxygen atoms in total. The van der Waals surface area contributed by atoms with Gasteiger partial charge in [-0.2, -0.15) is 0 Å². The predicted octanol–water partition coefficient (Wildman–Crippen LogP) is 4.57. The maximum atomic E-state index is 12.9. The van der Waals surface area contributed by atoms with Crippen LogP contribution in [0.2, 0.25) is 0 Å². The summed E-state index contributed by atoms with van der Waals surface area (Å²) in [7, 11) is 0. The highest BCUT2D eigenvalue weighted by Gasteiger charge is 2.42. The Bertz CT molecular complexity index is 888. The second kappa shape index (κ2) is 8.06. The highest BCUT2D eigenvalue weighted by atomic mass is 32.1. The minimum atomic E-state index is -0.639. The molecule has 0 bridgehead atoms. The molecule has 2 heterocycles. The minimum absolute atomic E-state index is 0.0570. The van der Waals surface area contributed by atoms with Crippen molar-refractivity contribution < 1.29 is 19.1 Å². The van der Waals surface area contributed by atoms with Crippen molar-refractivity contribution in [1.29, 1.82) is 0 Å². The van der Waals surface area contributed by atoms with Crippen molar-refractivity contribution >= 4 is 28.8 Å². The van der Waals surface area contributed by atoms with Crippen LogP contribution in [0, 0.1) is 5.92 Å². The van der Waals surface area contributed by atoms with Gasteiger partial charge in [0.05, 0.1) is 4.88 Å². The Kier molecular flexibility index (Phi) is 5.50. The number of hydrogen-bond donors (Lipinski definition) is 2. The molecular weight excluding hydrogens is 388 g/mol. The van der Waals surface area contributed by atoms with Gasteiger partial charge in [-0.1, -0.05) is 26.3 Å². The number of anilines is 1. The Balaban J connectivity index is 1.44. The second-order valence-corrected chi connectivity index (χ2v) is 8.95. The summed E-state index contributed by atoms with van der Waals surface area (Å²) in [5.74, 6) is 0.288. The largest absolute Gasteiger partial charge is 0.448 e. The topological polar surface area (TPSA) is 76.7 Å². The number of fused-ring (bicyclic) bond motifs is 1. The summed E-state index contributed by atoms with van der Waals surface area (Å²) < 4.78 is 12.2. The van der Waals surface area contributed by atoms with Crippen LogP contribution in [-0.4, -0.2) is 23.6 Å². The van der Waals surface area contributed by atoms with Crippen molar-refractivity contribution in [1.82, 2.24) is 5.32 Å². The molecule has 1 spiro atoms. The number of thiophene rings is 1. The molecule has 1 fully saturated rings. The van der Waals surface area contributed by atoms with E-state index in [4.69, 9.17) is 9.47 Å². The molecule has 2 aromatic rings. The third-order valence-corrected chi connectivity index (χ3v) is 6.27. The number of hydrogen-bond acceptors (Lipinski definition) is 5. The van der Waals surface area contributed by atoms with Gasteiger partial charge in [0.1, 0.15) is 6.04 Å². The van der Waals surface area contributed by atoms with Crippen LogP contribution >= 0.6 is 11.3 Å². The molecule has 2 N–H and O–H groups in total. The molecule has 0 radical (unpaired) electrons. The normalized spacial score (nSPS) is 17.9. The van der Waals surface area contributed by atoms with Crippen molar-refractivity contribution in [2.45, 2.75) is 57.8 Å². The molecule has 1 saturated carbocycles. The molecule has 29 heavy (non-hydrogen) atoms. The Morgan fingerprint density at radius 3 is 2.52 bits per heavy atom. The van der Waals surface area contributed by atoms with Gasteiger partial charge < -0.3 is 20.1 Å². The minimum Gasteiger partial charge on any atom is -0.448 e. The molecule has 154 valence electrons. The van der Waals surface area contributed by atoms with Crippen molar-refractivity contribution in [2.75, 3.05) is 5.32 Å². The Morgan fingerprint density at radius 2 is 1.83 bits per heavy atom. The number of ether oxygens (including phenoxy) is 2. The first-order valence-electron chi connectivity index (χ1n) is 10.1. The average molecular weight is 415 g/mol. The summed E-state index contributed by atoms with van der Waals surface area (Å²) in [6, 6.07) is 8.36. The van der Waals surface area contributed by atoms with Gasteiger partial charge in [0, 0.05) is 24.6 Å². The van der Waals surface area contributed by atoms with Crippen LogP contribution in [0.1, 0.15) is 55.6 Å². The van der Waals surface area contributed by atoms with E-state index in [9.17, 15) is 9.59 Å². The zero-order chi connectivity index (χ0) is 20.4. The van der Waals surface area contributed by atoms with Crippen LogP contribution in [0.15, 0.2) is 35.7 Å². The van der Waals surface area contributed by atoms with Crippen molar-refractivity contribution in [3.05, 3.63) is 40.6 Å². The van der Waals surface area contributed by atoms with E-state index in [0.717, 1.165) is 31.4 Å². The zero-order valence-corrected chi connectivity index (χ0v) is 17.5. The highest BCUT2D eigenvalue weighted by molar-refractivity contribution is 7.12. The molecule has 7 heteroatoms. The quantitative estimate of drug-likeness (QED) is 0.751. The lowest BCUT2D eigenvalue weighted by Gasteiger charge is -2.31. The molecule has 0 saturated heterocycles. The maximum Gasteiger partial charge on any atom is 0.262 e. The van der Waals surface area contributed by atoms with E-state index in [2.05, 4.69) is 10.6 Å². The van der Waals surface area contributed by atoms with Gasteiger partial charge in [0.15, 0.2) is 11.5 Å². The van der Waals surface area contributed by atoms with Crippen LogP contribution < -0.4 is 20.1 Å². The molecule has 1 aromatic heterocycles. The lowest BCUT2D eigenvalue weighted by atomic mass is 9.94. The number of benzene rings is 1. The van der Waals surface area contributed by atoms with E-state index in [1.54, 1.807) is 18.2 Å². The average Bonchev–Trinajstić information content (AvgIpc) is 3.33. The summed E-state index contributed by atoms with van der Waals surface area (Å²) in [5, 5.41) is 7.59. The Labute approximate surface area is 174 Å². The molecule has 1 aliphatic carbocycles.